The zero-order chi connectivity index (χ0) is 21.8. The molecule has 0 aliphatic carbocycles. The minimum atomic E-state index is -1.16. The average Bonchev–Trinajstić information content (AvgIpc) is 2.79. The number of rotatable bonds is 7. The van der Waals surface area contributed by atoms with Crippen LogP contribution >= 0.6 is 0 Å². The summed E-state index contributed by atoms with van der Waals surface area (Å²) < 4.78 is 5.06. The highest BCUT2D eigenvalue weighted by atomic mass is 16.5. The van der Waals surface area contributed by atoms with E-state index in [1.807, 2.05) is 25.1 Å². The number of esters is 1. The molecule has 2 bridgehead atoms. The lowest BCUT2D eigenvalue weighted by molar-refractivity contribution is -0.145. The minimum absolute atomic E-state index is 0.103. The van der Waals surface area contributed by atoms with Crippen LogP contribution in [-0.2, 0) is 28.0 Å². The lowest BCUT2D eigenvalue weighted by Gasteiger charge is -2.54. The van der Waals surface area contributed by atoms with Gasteiger partial charge in [0, 0.05) is 12.6 Å². The summed E-state index contributed by atoms with van der Waals surface area (Å²) >= 11 is 0. The molecular formula is C26H30N2O3. The maximum atomic E-state index is 12.0. The second-order valence-corrected chi connectivity index (χ2v) is 8.52. The van der Waals surface area contributed by atoms with Crippen LogP contribution in [-0.4, -0.2) is 46.7 Å². The molecule has 0 radical (unpaired) electrons. The third-order valence-electron chi connectivity index (χ3n) is 6.65. The van der Waals surface area contributed by atoms with E-state index < -0.39 is 5.60 Å². The van der Waals surface area contributed by atoms with E-state index in [1.165, 1.54) is 0 Å². The number of nitrogens with zero attached hydrogens (tertiary/aromatic N) is 2. The summed E-state index contributed by atoms with van der Waals surface area (Å²) in [4.78, 5) is 18.8. The van der Waals surface area contributed by atoms with Crippen molar-refractivity contribution in [2.75, 3.05) is 19.7 Å². The molecule has 162 valence electrons. The fourth-order valence-corrected chi connectivity index (χ4v) is 5.14. The summed E-state index contributed by atoms with van der Waals surface area (Å²) in [5.74, 6) is 2.75. The molecule has 3 saturated heterocycles. The first-order valence-corrected chi connectivity index (χ1v) is 11.2. The van der Waals surface area contributed by atoms with Crippen LogP contribution < -0.4 is 0 Å². The highest BCUT2D eigenvalue weighted by Crippen LogP contribution is 2.47. The second kappa shape index (κ2) is 9.21. The first kappa shape index (κ1) is 21.5. The number of carbonyl (C=O) groups is 1. The quantitative estimate of drug-likeness (QED) is 0.553. The van der Waals surface area contributed by atoms with E-state index in [1.54, 1.807) is 6.20 Å². The molecule has 2 aromatic rings. The summed E-state index contributed by atoms with van der Waals surface area (Å²) in [6, 6.07) is 11.9. The van der Waals surface area contributed by atoms with Gasteiger partial charge in [0.2, 0.25) is 0 Å². The molecule has 0 amide bonds. The second-order valence-electron chi connectivity index (χ2n) is 8.52. The summed E-state index contributed by atoms with van der Waals surface area (Å²) in [6.45, 7) is 4.04. The van der Waals surface area contributed by atoms with Crippen molar-refractivity contribution in [1.29, 1.82) is 0 Å². The van der Waals surface area contributed by atoms with Crippen molar-refractivity contribution in [2.45, 2.75) is 50.7 Å². The standard InChI is InChI=1S/C26H30N2O3/c1-3-23-26(30,22-12-14-28(23)15-13-22)25-21(16-19-8-6-5-7-9-19)17-20(18-27-25)10-11-24(29)31-4-2/h1,5-9,17-18,22-23,30H,4,10-16H2,2H3. The summed E-state index contributed by atoms with van der Waals surface area (Å²) in [7, 11) is 0. The first-order valence-electron chi connectivity index (χ1n) is 11.2. The molecule has 5 rings (SSSR count). The highest BCUT2D eigenvalue weighted by molar-refractivity contribution is 5.69. The fraction of sp³-hybridized carbons (Fsp3) is 0.462. The molecule has 31 heavy (non-hydrogen) atoms. The minimum Gasteiger partial charge on any atom is -0.466 e. The first-order chi connectivity index (χ1) is 15.1. The van der Waals surface area contributed by atoms with Gasteiger partial charge in [-0.2, -0.15) is 0 Å². The molecule has 2 unspecified atom stereocenters. The van der Waals surface area contributed by atoms with Gasteiger partial charge in [-0.15, -0.1) is 6.42 Å². The Morgan fingerprint density at radius 3 is 2.71 bits per heavy atom. The number of piperidine rings is 3. The predicted molar refractivity (Wildman–Crippen MR) is 119 cm³/mol. The maximum Gasteiger partial charge on any atom is 0.306 e. The number of benzene rings is 1. The van der Waals surface area contributed by atoms with Gasteiger partial charge in [0.15, 0.2) is 0 Å². The summed E-state index contributed by atoms with van der Waals surface area (Å²) in [6.07, 6.45) is 11.1. The number of aliphatic hydroxyl groups is 1. The number of pyridine rings is 1. The Bertz CT molecular complexity index is 960. The monoisotopic (exact) mass is 418 g/mol. The van der Waals surface area contributed by atoms with E-state index >= 15 is 0 Å². The third kappa shape index (κ3) is 4.23. The zero-order valence-electron chi connectivity index (χ0n) is 18.1. The Morgan fingerprint density at radius 1 is 1.29 bits per heavy atom. The van der Waals surface area contributed by atoms with Crippen molar-refractivity contribution < 1.29 is 14.6 Å². The normalized spacial score (nSPS) is 26.9. The van der Waals surface area contributed by atoms with Gasteiger partial charge in [0.05, 0.1) is 12.3 Å². The molecule has 1 aromatic carbocycles. The number of aryl methyl sites for hydroxylation is 1. The Labute approximate surface area is 184 Å². The van der Waals surface area contributed by atoms with Crippen LogP contribution in [0.15, 0.2) is 42.6 Å². The van der Waals surface area contributed by atoms with Crippen LogP contribution in [0.2, 0.25) is 0 Å². The number of hydrogen-bond donors (Lipinski definition) is 1. The van der Waals surface area contributed by atoms with Crippen LogP contribution in [0, 0.1) is 18.3 Å². The van der Waals surface area contributed by atoms with Crippen molar-refractivity contribution in [1.82, 2.24) is 9.88 Å². The lowest BCUT2D eigenvalue weighted by atomic mass is 9.67. The number of fused-ring (bicyclic) bond motifs is 3. The fourth-order valence-electron chi connectivity index (χ4n) is 5.14. The van der Waals surface area contributed by atoms with Crippen molar-refractivity contribution in [3.63, 3.8) is 0 Å². The number of hydrogen-bond acceptors (Lipinski definition) is 5. The molecular weight excluding hydrogens is 388 g/mol. The van der Waals surface area contributed by atoms with Gasteiger partial charge in [0.1, 0.15) is 11.6 Å². The van der Waals surface area contributed by atoms with Crippen molar-refractivity contribution in [3.8, 4) is 12.3 Å². The topological polar surface area (TPSA) is 62.7 Å². The average molecular weight is 419 g/mol. The lowest BCUT2D eigenvalue weighted by Crippen LogP contribution is -2.64. The van der Waals surface area contributed by atoms with Crippen LogP contribution in [0.1, 0.15) is 48.6 Å². The highest BCUT2D eigenvalue weighted by Gasteiger charge is 2.55. The van der Waals surface area contributed by atoms with Crippen molar-refractivity contribution in [3.05, 3.63) is 65.0 Å². The van der Waals surface area contributed by atoms with Crippen LogP contribution in [0.25, 0.3) is 0 Å². The van der Waals surface area contributed by atoms with Gasteiger partial charge >= 0.3 is 5.97 Å². The molecule has 3 fully saturated rings. The third-order valence-corrected chi connectivity index (χ3v) is 6.65. The van der Waals surface area contributed by atoms with Crippen molar-refractivity contribution in [2.24, 2.45) is 5.92 Å². The van der Waals surface area contributed by atoms with Gasteiger partial charge in [-0.25, -0.2) is 0 Å². The number of aromatic nitrogens is 1. The predicted octanol–water partition coefficient (Wildman–Crippen LogP) is 3.08. The molecule has 1 N–H and O–H groups in total. The number of ether oxygens (including phenoxy) is 1. The van der Waals surface area contributed by atoms with Gasteiger partial charge < -0.3 is 9.84 Å². The van der Waals surface area contributed by atoms with Gasteiger partial charge in [-0.3, -0.25) is 14.7 Å². The van der Waals surface area contributed by atoms with Crippen LogP contribution in [0.4, 0.5) is 0 Å². The molecule has 0 saturated carbocycles. The van der Waals surface area contributed by atoms with E-state index in [0.717, 1.165) is 42.6 Å². The Hall–Kier alpha value is -2.68. The van der Waals surface area contributed by atoms with E-state index in [0.29, 0.717) is 31.6 Å². The molecule has 3 aliphatic rings. The number of carbonyl (C=O) groups excluding carboxylic acids is 1. The molecule has 4 heterocycles. The number of terminal acetylenes is 1. The smallest absolute Gasteiger partial charge is 0.306 e. The molecule has 5 nitrogen and oxygen atoms in total. The van der Waals surface area contributed by atoms with Crippen LogP contribution in [0.5, 0.6) is 0 Å². The molecule has 3 aliphatic heterocycles. The maximum absolute atomic E-state index is 12.0. The van der Waals surface area contributed by atoms with E-state index in [4.69, 9.17) is 16.1 Å². The van der Waals surface area contributed by atoms with E-state index in [9.17, 15) is 9.90 Å². The SMILES string of the molecule is C#CC1N2CCC(CC2)C1(O)c1ncc(CCC(=O)OCC)cc1Cc1ccccc1. The largest absolute Gasteiger partial charge is 0.466 e. The van der Waals surface area contributed by atoms with E-state index in [-0.39, 0.29) is 17.9 Å². The van der Waals surface area contributed by atoms with Crippen molar-refractivity contribution >= 4 is 5.97 Å². The Morgan fingerprint density at radius 2 is 2.03 bits per heavy atom. The molecule has 5 heteroatoms. The Balaban J connectivity index is 1.71. The van der Waals surface area contributed by atoms with Gasteiger partial charge in [-0.1, -0.05) is 42.3 Å². The van der Waals surface area contributed by atoms with E-state index in [2.05, 4.69) is 29.0 Å². The summed E-state index contributed by atoms with van der Waals surface area (Å²) in [5, 5.41) is 12.0. The summed E-state index contributed by atoms with van der Waals surface area (Å²) in [5.41, 5.74) is 2.62. The molecule has 0 spiro atoms. The zero-order valence-corrected chi connectivity index (χ0v) is 18.1. The Kier molecular flexibility index (Phi) is 6.41. The van der Waals surface area contributed by atoms with Gasteiger partial charge in [-0.05, 0) is 68.3 Å². The molecule has 1 aromatic heterocycles. The molecule has 2 atom stereocenters. The van der Waals surface area contributed by atoms with Crippen LogP contribution in [0.3, 0.4) is 0 Å². The van der Waals surface area contributed by atoms with Gasteiger partial charge in [0.25, 0.3) is 0 Å².